The van der Waals surface area contributed by atoms with E-state index in [2.05, 4.69) is 19.6 Å². The number of hydrogen-bond donors (Lipinski definition) is 2. The summed E-state index contributed by atoms with van der Waals surface area (Å²) in [5.41, 5.74) is 1.70. The second-order valence-corrected chi connectivity index (χ2v) is 9.41. The third kappa shape index (κ3) is 5.60. The number of carbonyl (C=O) groups is 1. The van der Waals surface area contributed by atoms with Crippen molar-refractivity contribution in [3.63, 3.8) is 0 Å². The molecule has 0 radical (unpaired) electrons. The fourth-order valence-electron chi connectivity index (χ4n) is 3.63. The fourth-order valence-corrected chi connectivity index (χ4v) is 5.08. The number of aliphatic carboxylic acids is 1. The Kier molecular flexibility index (Phi) is 6.13. The summed E-state index contributed by atoms with van der Waals surface area (Å²) in [5.74, 6) is -2.38. The van der Waals surface area contributed by atoms with Crippen LogP contribution in [0.3, 0.4) is 0 Å². The topological polar surface area (TPSA) is 117 Å². The number of pyridine rings is 1. The highest BCUT2D eigenvalue weighted by molar-refractivity contribution is 7.89. The number of nitrogens with zero attached hydrogens (tertiary/aromatic N) is 4. The number of alkyl halides is 3. The highest BCUT2D eigenvalue weighted by Crippen LogP contribution is 2.50. The van der Waals surface area contributed by atoms with Crippen molar-refractivity contribution in [2.24, 2.45) is 13.0 Å². The van der Waals surface area contributed by atoms with Gasteiger partial charge in [-0.05, 0) is 31.4 Å². The Labute approximate surface area is 177 Å². The van der Waals surface area contributed by atoms with E-state index < -0.39 is 22.2 Å². The second kappa shape index (κ2) is 8.20. The van der Waals surface area contributed by atoms with Gasteiger partial charge in [-0.25, -0.2) is 22.9 Å². The van der Waals surface area contributed by atoms with Crippen molar-refractivity contribution in [2.45, 2.75) is 36.6 Å². The summed E-state index contributed by atoms with van der Waals surface area (Å²) in [5, 5.41) is 7.21. The predicted octanol–water partition coefficient (Wildman–Crippen LogP) is 1.31. The zero-order valence-corrected chi connectivity index (χ0v) is 17.6. The third-order valence-corrected chi connectivity index (χ3v) is 6.52. The third-order valence-electron chi connectivity index (χ3n) is 5.08. The van der Waals surface area contributed by atoms with Crippen LogP contribution in [0.15, 0.2) is 35.7 Å². The molecule has 4 rings (SSSR count). The quantitative estimate of drug-likeness (QED) is 0.689. The van der Waals surface area contributed by atoms with Gasteiger partial charge in [0.25, 0.3) is 10.0 Å². The first-order valence-electron chi connectivity index (χ1n) is 9.28. The molecular weight excluding hydrogens is 439 g/mol. The van der Waals surface area contributed by atoms with Crippen LogP contribution in [-0.2, 0) is 28.4 Å². The molecule has 0 aromatic carbocycles. The highest BCUT2D eigenvalue weighted by Gasteiger charge is 2.61. The van der Waals surface area contributed by atoms with E-state index >= 15 is 0 Å². The van der Waals surface area contributed by atoms with Crippen LogP contribution in [0.1, 0.15) is 17.8 Å². The maximum absolute atomic E-state index is 12.5. The van der Waals surface area contributed by atoms with Crippen LogP contribution >= 0.6 is 0 Å². The van der Waals surface area contributed by atoms with Crippen LogP contribution in [0.4, 0.5) is 13.2 Å². The van der Waals surface area contributed by atoms with E-state index in [0.29, 0.717) is 5.92 Å². The minimum Gasteiger partial charge on any atom is -0.475 e. The number of carboxylic acid groups (broad SMARTS) is 1. The van der Waals surface area contributed by atoms with Crippen molar-refractivity contribution in [1.82, 2.24) is 24.2 Å². The van der Waals surface area contributed by atoms with Crippen molar-refractivity contribution in [3.05, 3.63) is 42.1 Å². The maximum atomic E-state index is 12.5. The number of halogens is 3. The summed E-state index contributed by atoms with van der Waals surface area (Å²) in [6.45, 7) is 4.36. The first kappa shape index (κ1) is 23.2. The van der Waals surface area contributed by atoms with Gasteiger partial charge in [0.15, 0.2) is 5.03 Å². The van der Waals surface area contributed by atoms with Gasteiger partial charge in [0.1, 0.15) is 0 Å². The lowest BCUT2D eigenvalue weighted by molar-refractivity contribution is -0.192. The average molecular weight is 461 g/mol. The number of sulfonamides is 1. The fraction of sp³-hybridized carbons (Fsp3) is 0.500. The van der Waals surface area contributed by atoms with Crippen molar-refractivity contribution in [2.75, 3.05) is 13.1 Å². The van der Waals surface area contributed by atoms with E-state index in [0.717, 1.165) is 37.4 Å². The SMILES string of the molecule is Cc1cccc(CN2CC3CC3(NS(=O)(=O)c3cn(C)cn3)C2)n1.O=C(O)C(F)(F)F. The van der Waals surface area contributed by atoms with Crippen LogP contribution < -0.4 is 4.72 Å². The lowest BCUT2D eigenvalue weighted by Gasteiger charge is -2.21. The number of likely N-dealkylation sites (tertiary alicyclic amines) is 1. The second-order valence-electron chi connectivity index (χ2n) is 7.78. The molecule has 2 aromatic rings. The van der Waals surface area contributed by atoms with E-state index in [4.69, 9.17) is 9.90 Å². The molecule has 1 saturated heterocycles. The van der Waals surface area contributed by atoms with Gasteiger partial charge in [-0.1, -0.05) is 6.07 Å². The van der Waals surface area contributed by atoms with E-state index in [9.17, 15) is 21.6 Å². The van der Waals surface area contributed by atoms with Gasteiger partial charge in [0.2, 0.25) is 0 Å². The lowest BCUT2D eigenvalue weighted by Crippen LogP contribution is -2.42. The Morgan fingerprint density at radius 2 is 2.06 bits per heavy atom. The molecule has 13 heteroatoms. The van der Waals surface area contributed by atoms with Crippen LogP contribution in [0.5, 0.6) is 0 Å². The summed E-state index contributed by atoms with van der Waals surface area (Å²) in [7, 11) is -1.81. The molecule has 2 unspecified atom stereocenters. The molecule has 1 aliphatic heterocycles. The minimum absolute atomic E-state index is 0.0869. The van der Waals surface area contributed by atoms with Gasteiger partial charge >= 0.3 is 12.1 Å². The molecule has 2 aliphatic rings. The molecule has 9 nitrogen and oxygen atoms in total. The lowest BCUT2D eigenvalue weighted by atomic mass is 10.2. The zero-order valence-electron chi connectivity index (χ0n) is 16.8. The largest absolute Gasteiger partial charge is 0.490 e. The van der Waals surface area contributed by atoms with Crippen LogP contribution in [0, 0.1) is 12.8 Å². The number of imidazole rings is 1. The molecule has 3 heterocycles. The van der Waals surface area contributed by atoms with Gasteiger partial charge in [-0.15, -0.1) is 0 Å². The summed E-state index contributed by atoms with van der Waals surface area (Å²) >= 11 is 0. The average Bonchev–Trinajstić information content (AvgIpc) is 2.96. The van der Waals surface area contributed by atoms with Gasteiger partial charge in [0.05, 0.1) is 17.6 Å². The van der Waals surface area contributed by atoms with Gasteiger partial charge in [0, 0.05) is 38.6 Å². The molecule has 2 aromatic heterocycles. The van der Waals surface area contributed by atoms with E-state index in [-0.39, 0.29) is 10.6 Å². The predicted molar refractivity (Wildman–Crippen MR) is 102 cm³/mol. The van der Waals surface area contributed by atoms with Gasteiger partial charge < -0.3 is 9.67 Å². The number of rotatable bonds is 5. The number of aryl methyl sites for hydroxylation is 2. The number of aromatic nitrogens is 3. The summed E-state index contributed by atoms with van der Waals surface area (Å²) in [6, 6.07) is 6.00. The summed E-state index contributed by atoms with van der Waals surface area (Å²) < 4.78 is 61.3. The number of hydrogen-bond acceptors (Lipinski definition) is 6. The zero-order chi connectivity index (χ0) is 23.0. The molecule has 2 N–H and O–H groups in total. The molecule has 31 heavy (non-hydrogen) atoms. The van der Waals surface area contributed by atoms with Gasteiger partial charge in [-0.3, -0.25) is 9.88 Å². The first-order valence-corrected chi connectivity index (χ1v) is 10.8. The Hall–Kier alpha value is -2.51. The smallest absolute Gasteiger partial charge is 0.475 e. The van der Waals surface area contributed by atoms with Crippen molar-refractivity contribution in [3.8, 4) is 0 Å². The van der Waals surface area contributed by atoms with E-state index in [1.165, 1.54) is 12.5 Å². The minimum atomic E-state index is -5.08. The molecule has 1 aliphatic carbocycles. The standard InChI is InChI=1S/C16H21N5O2S.C2HF3O2/c1-12-4-3-5-14(18-12)8-21-7-13-6-16(13,10-21)19-24(22,23)15-9-20(2)11-17-15;3-2(4,5)1(6)7/h3-5,9,11,13,19H,6-8,10H2,1-2H3;(H,6,7). The normalized spacial score (nSPS) is 23.1. The summed E-state index contributed by atoms with van der Waals surface area (Å²) in [6.07, 6.45) is -1.16. The van der Waals surface area contributed by atoms with Crippen molar-refractivity contribution < 1.29 is 31.5 Å². The van der Waals surface area contributed by atoms with Crippen LogP contribution in [0.2, 0.25) is 0 Å². The molecular formula is C18H22F3N5O4S. The molecule has 0 spiro atoms. The maximum Gasteiger partial charge on any atom is 0.490 e. The number of fused-ring (bicyclic) bond motifs is 1. The van der Waals surface area contributed by atoms with Crippen LogP contribution in [0.25, 0.3) is 0 Å². The molecule has 0 bridgehead atoms. The molecule has 0 amide bonds. The number of piperidine rings is 1. The Bertz CT molecular complexity index is 1070. The number of carboxylic acids is 1. The van der Waals surface area contributed by atoms with E-state index in [1.54, 1.807) is 11.6 Å². The molecule has 170 valence electrons. The van der Waals surface area contributed by atoms with Crippen LogP contribution in [-0.4, -0.2) is 63.7 Å². The molecule has 2 fully saturated rings. The Morgan fingerprint density at radius 3 is 2.61 bits per heavy atom. The Balaban J connectivity index is 0.000000339. The van der Waals surface area contributed by atoms with E-state index in [1.807, 2.05) is 25.1 Å². The first-order chi connectivity index (χ1) is 14.3. The number of nitrogens with one attached hydrogen (secondary N) is 1. The van der Waals surface area contributed by atoms with Gasteiger partial charge in [-0.2, -0.15) is 13.2 Å². The summed E-state index contributed by atoms with van der Waals surface area (Å²) in [4.78, 5) is 19.7. The molecule has 2 atom stereocenters. The monoisotopic (exact) mass is 461 g/mol. The highest BCUT2D eigenvalue weighted by atomic mass is 32.2. The van der Waals surface area contributed by atoms with Crippen molar-refractivity contribution in [1.29, 1.82) is 0 Å². The molecule has 1 saturated carbocycles. The Morgan fingerprint density at radius 1 is 1.39 bits per heavy atom. The van der Waals surface area contributed by atoms with Crippen molar-refractivity contribution >= 4 is 16.0 Å².